The fourth-order valence-corrected chi connectivity index (χ4v) is 2.86. The molecule has 1 aromatic rings. The number of nitrogens with one attached hydrogen (secondary N) is 1. The average Bonchev–Trinajstić information content (AvgIpc) is 2.84. The van der Waals surface area contributed by atoms with Crippen molar-refractivity contribution < 1.29 is 4.52 Å². The molecule has 0 saturated carbocycles. The third-order valence-corrected chi connectivity index (χ3v) is 3.60. The van der Waals surface area contributed by atoms with Crippen LogP contribution in [0.25, 0.3) is 0 Å². The molecule has 2 atom stereocenters. The van der Waals surface area contributed by atoms with Crippen LogP contribution >= 0.6 is 0 Å². The first-order valence-electron chi connectivity index (χ1n) is 6.06. The van der Waals surface area contributed by atoms with Crippen LogP contribution in [0.4, 0.5) is 0 Å². The van der Waals surface area contributed by atoms with Crippen LogP contribution in [-0.4, -0.2) is 40.7 Å². The minimum absolute atomic E-state index is 0.678. The van der Waals surface area contributed by atoms with Crippen molar-refractivity contribution in [1.29, 1.82) is 0 Å². The molecule has 2 fully saturated rings. The van der Waals surface area contributed by atoms with E-state index in [2.05, 4.69) is 20.4 Å². The fraction of sp³-hybridized carbons (Fsp3) is 0.818. The first-order chi connectivity index (χ1) is 7.81. The van der Waals surface area contributed by atoms with Crippen molar-refractivity contribution in [2.24, 2.45) is 5.92 Å². The van der Waals surface area contributed by atoms with Crippen LogP contribution in [0.5, 0.6) is 0 Å². The normalized spacial score (nSPS) is 30.6. The number of hydrogen-bond donors (Lipinski definition) is 1. The quantitative estimate of drug-likeness (QED) is 0.792. The first-order valence-corrected chi connectivity index (χ1v) is 6.06. The molecule has 1 N–H and O–H groups in total. The van der Waals surface area contributed by atoms with Crippen LogP contribution < -0.4 is 5.32 Å². The van der Waals surface area contributed by atoms with Crippen LogP contribution in [0.2, 0.25) is 0 Å². The molecule has 0 amide bonds. The van der Waals surface area contributed by atoms with Gasteiger partial charge in [-0.05, 0) is 32.2 Å². The largest absolute Gasteiger partial charge is 0.338 e. The second-order valence-corrected chi connectivity index (χ2v) is 4.89. The number of aromatic nitrogens is 2. The highest BCUT2D eigenvalue weighted by atomic mass is 16.5. The molecular weight excluding hydrogens is 204 g/mol. The average molecular weight is 222 g/mol. The van der Waals surface area contributed by atoms with Gasteiger partial charge in [0.1, 0.15) is 0 Å². The summed E-state index contributed by atoms with van der Waals surface area (Å²) in [6.45, 7) is 6.12. The Hall–Kier alpha value is -0.940. The molecule has 0 aromatic carbocycles. The van der Waals surface area contributed by atoms with Crippen molar-refractivity contribution in [1.82, 2.24) is 20.4 Å². The van der Waals surface area contributed by atoms with Gasteiger partial charge >= 0.3 is 0 Å². The predicted molar refractivity (Wildman–Crippen MR) is 58.8 cm³/mol. The molecule has 2 aliphatic rings. The summed E-state index contributed by atoms with van der Waals surface area (Å²) in [6.07, 6.45) is 2.67. The Balaban J connectivity index is 1.61. The van der Waals surface area contributed by atoms with Gasteiger partial charge in [0.05, 0.1) is 6.54 Å². The Labute approximate surface area is 95.2 Å². The van der Waals surface area contributed by atoms with E-state index in [4.69, 9.17) is 4.52 Å². The monoisotopic (exact) mass is 222 g/mol. The van der Waals surface area contributed by atoms with Gasteiger partial charge in [0, 0.05) is 19.1 Å². The summed E-state index contributed by atoms with van der Waals surface area (Å²) >= 11 is 0. The number of hydrogen-bond acceptors (Lipinski definition) is 5. The number of rotatable bonds is 2. The fourth-order valence-electron chi connectivity index (χ4n) is 2.86. The van der Waals surface area contributed by atoms with Gasteiger partial charge in [-0.1, -0.05) is 5.16 Å². The summed E-state index contributed by atoms with van der Waals surface area (Å²) in [4.78, 5) is 6.67. The van der Waals surface area contributed by atoms with E-state index in [1.165, 1.54) is 25.9 Å². The molecule has 0 bridgehead atoms. The zero-order valence-electron chi connectivity index (χ0n) is 9.65. The smallest absolute Gasteiger partial charge is 0.240 e. The number of nitrogens with zero attached hydrogens (tertiary/aromatic N) is 3. The van der Waals surface area contributed by atoms with E-state index in [1.54, 1.807) is 0 Å². The molecule has 3 rings (SSSR count). The molecule has 0 radical (unpaired) electrons. The van der Waals surface area contributed by atoms with Gasteiger partial charge in [-0.15, -0.1) is 0 Å². The molecule has 1 aromatic heterocycles. The van der Waals surface area contributed by atoms with E-state index in [-0.39, 0.29) is 0 Å². The van der Waals surface area contributed by atoms with Crippen molar-refractivity contribution in [3.05, 3.63) is 11.7 Å². The van der Waals surface area contributed by atoms with Gasteiger partial charge < -0.3 is 9.84 Å². The lowest BCUT2D eigenvalue weighted by Crippen LogP contribution is -2.40. The van der Waals surface area contributed by atoms with Crippen LogP contribution in [0, 0.1) is 12.8 Å². The number of fused-ring (bicyclic) bond motifs is 1. The third kappa shape index (κ3) is 1.97. The van der Waals surface area contributed by atoms with Crippen molar-refractivity contribution in [2.75, 3.05) is 19.6 Å². The molecule has 3 heterocycles. The number of likely N-dealkylation sites (tertiary alicyclic amines) is 1. The molecule has 2 saturated heterocycles. The molecule has 2 unspecified atom stereocenters. The second-order valence-electron chi connectivity index (χ2n) is 4.89. The number of piperidine rings is 1. The molecule has 2 aliphatic heterocycles. The molecule has 5 nitrogen and oxygen atoms in total. The zero-order chi connectivity index (χ0) is 11.0. The highest BCUT2D eigenvalue weighted by Gasteiger charge is 2.34. The maximum Gasteiger partial charge on any atom is 0.240 e. The van der Waals surface area contributed by atoms with Gasteiger partial charge in [-0.2, -0.15) is 4.98 Å². The Morgan fingerprint density at radius 3 is 3.19 bits per heavy atom. The Kier molecular flexibility index (Phi) is 2.65. The van der Waals surface area contributed by atoms with Crippen molar-refractivity contribution in [2.45, 2.75) is 32.4 Å². The first kappa shape index (κ1) is 10.2. The van der Waals surface area contributed by atoms with E-state index in [0.717, 1.165) is 30.7 Å². The molecule has 16 heavy (non-hydrogen) atoms. The Morgan fingerprint density at radius 2 is 2.44 bits per heavy atom. The van der Waals surface area contributed by atoms with Gasteiger partial charge in [0.2, 0.25) is 5.89 Å². The lowest BCUT2D eigenvalue weighted by Gasteiger charge is -2.24. The molecule has 0 aliphatic carbocycles. The Morgan fingerprint density at radius 1 is 1.50 bits per heavy atom. The predicted octanol–water partition coefficient (Wildman–Crippen LogP) is 0.562. The zero-order valence-corrected chi connectivity index (χ0v) is 9.65. The third-order valence-electron chi connectivity index (χ3n) is 3.60. The maximum absolute atomic E-state index is 5.16. The summed E-state index contributed by atoms with van der Waals surface area (Å²) in [5, 5.41) is 7.41. The van der Waals surface area contributed by atoms with Gasteiger partial charge in [-0.3, -0.25) is 4.90 Å². The van der Waals surface area contributed by atoms with E-state index >= 15 is 0 Å². The summed E-state index contributed by atoms with van der Waals surface area (Å²) in [5.41, 5.74) is 0. The van der Waals surface area contributed by atoms with Crippen molar-refractivity contribution >= 4 is 0 Å². The second kappa shape index (κ2) is 4.14. The summed E-state index contributed by atoms with van der Waals surface area (Å²) in [5.74, 6) is 2.29. The standard InChI is InChI=1S/C11H18N4O/c1-8-13-11(16-14-8)7-15-5-9-3-2-4-12-10(9)6-15/h9-10,12H,2-7H2,1H3. The van der Waals surface area contributed by atoms with Gasteiger partial charge in [0.25, 0.3) is 0 Å². The summed E-state index contributed by atoms with van der Waals surface area (Å²) in [7, 11) is 0. The van der Waals surface area contributed by atoms with Crippen LogP contribution in [0.1, 0.15) is 24.6 Å². The van der Waals surface area contributed by atoms with E-state index in [0.29, 0.717) is 6.04 Å². The van der Waals surface area contributed by atoms with Crippen LogP contribution in [0.3, 0.4) is 0 Å². The van der Waals surface area contributed by atoms with Crippen LogP contribution in [0.15, 0.2) is 4.52 Å². The van der Waals surface area contributed by atoms with Crippen LogP contribution in [-0.2, 0) is 6.54 Å². The highest BCUT2D eigenvalue weighted by molar-refractivity contribution is 4.93. The lowest BCUT2D eigenvalue weighted by atomic mass is 9.94. The van der Waals surface area contributed by atoms with E-state index in [1.807, 2.05) is 6.92 Å². The van der Waals surface area contributed by atoms with Crippen molar-refractivity contribution in [3.63, 3.8) is 0 Å². The minimum atomic E-state index is 0.678. The minimum Gasteiger partial charge on any atom is -0.338 e. The molecule has 5 heteroatoms. The molecular formula is C11H18N4O. The van der Waals surface area contributed by atoms with E-state index in [9.17, 15) is 0 Å². The maximum atomic E-state index is 5.16. The SMILES string of the molecule is Cc1noc(CN2CC3CCCNC3C2)n1. The van der Waals surface area contributed by atoms with Gasteiger partial charge in [-0.25, -0.2) is 0 Å². The Bertz CT molecular complexity index is 351. The van der Waals surface area contributed by atoms with Crippen molar-refractivity contribution in [3.8, 4) is 0 Å². The lowest BCUT2D eigenvalue weighted by molar-refractivity contribution is 0.258. The highest BCUT2D eigenvalue weighted by Crippen LogP contribution is 2.25. The summed E-state index contributed by atoms with van der Waals surface area (Å²) < 4.78 is 5.16. The number of aryl methyl sites for hydroxylation is 1. The molecule has 88 valence electrons. The topological polar surface area (TPSA) is 54.2 Å². The summed E-state index contributed by atoms with van der Waals surface area (Å²) in [6, 6.07) is 0.678. The molecule has 0 spiro atoms. The van der Waals surface area contributed by atoms with E-state index < -0.39 is 0 Å². The van der Waals surface area contributed by atoms with Gasteiger partial charge in [0.15, 0.2) is 5.82 Å².